The summed E-state index contributed by atoms with van der Waals surface area (Å²) in [6, 6.07) is 0.983. The molecule has 1 aromatic carbocycles. The van der Waals surface area contributed by atoms with Crippen molar-refractivity contribution in [3.8, 4) is 0 Å². The monoisotopic (exact) mass is 262 g/mol. The van der Waals surface area contributed by atoms with Crippen molar-refractivity contribution in [2.75, 3.05) is 0 Å². The number of hydrogen-bond donors (Lipinski definition) is 0. The molecule has 1 aromatic rings. The Morgan fingerprint density at radius 1 is 1.20 bits per heavy atom. The van der Waals surface area contributed by atoms with E-state index in [-0.39, 0.29) is 6.07 Å². The van der Waals surface area contributed by atoms with E-state index in [9.17, 15) is 26.0 Å². The van der Waals surface area contributed by atoms with E-state index in [1.165, 1.54) is 0 Å². The van der Waals surface area contributed by atoms with Gasteiger partial charge < -0.3 is 0 Å². The number of benzene rings is 1. The smallest absolute Gasteiger partial charge is 0.207 e. The van der Waals surface area contributed by atoms with E-state index in [1.54, 1.807) is 0 Å². The van der Waals surface area contributed by atoms with Gasteiger partial charge in [-0.25, -0.2) is 12.8 Å². The molecule has 0 radical (unpaired) electrons. The first-order valence-electron chi connectivity index (χ1n) is 3.44. The Bertz CT molecular complexity index is 480. The molecular formula is C7H3ClF4O2S. The highest BCUT2D eigenvalue weighted by Gasteiger charge is 2.32. The molecule has 0 saturated carbocycles. The van der Waals surface area contributed by atoms with Crippen LogP contribution in [0.4, 0.5) is 17.6 Å². The molecule has 0 aliphatic rings. The molecule has 0 fully saturated rings. The van der Waals surface area contributed by atoms with Crippen molar-refractivity contribution < 1.29 is 26.0 Å². The van der Waals surface area contributed by atoms with Gasteiger partial charge in [-0.3, -0.25) is 0 Å². The van der Waals surface area contributed by atoms with Gasteiger partial charge in [0.2, 0.25) is 0 Å². The third-order valence-corrected chi connectivity index (χ3v) is 2.86. The van der Waals surface area contributed by atoms with Gasteiger partial charge in [0.25, 0.3) is 9.05 Å². The van der Waals surface area contributed by atoms with E-state index in [4.69, 9.17) is 10.7 Å². The van der Waals surface area contributed by atoms with E-state index >= 15 is 0 Å². The molecular weight excluding hydrogens is 260 g/mol. The van der Waals surface area contributed by atoms with E-state index in [1.807, 2.05) is 0 Å². The van der Waals surface area contributed by atoms with Gasteiger partial charge in [-0.2, -0.15) is 13.2 Å². The van der Waals surface area contributed by atoms with Crippen LogP contribution in [0.25, 0.3) is 0 Å². The Balaban J connectivity index is 3.43. The normalized spacial score (nSPS) is 12.9. The van der Waals surface area contributed by atoms with Crippen molar-refractivity contribution in [3.05, 3.63) is 29.6 Å². The van der Waals surface area contributed by atoms with Crippen LogP contribution in [0.15, 0.2) is 23.1 Å². The number of halogens is 5. The Kier molecular flexibility index (Phi) is 2.97. The predicted octanol–water partition coefficient (Wildman–Crippen LogP) is 2.77. The van der Waals surface area contributed by atoms with Crippen LogP contribution in [0, 0.1) is 5.82 Å². The van der Waals surface area contributed by atoms with E-state index < -0.39 is 31.5 Å². The van der Waals surface area contributed by atoms with Gasteiger partial charge in [-0.1, -0.05) is 0 Å². The molecule has 0 spiro atoms. The lowest BCUT2D eigenvalue weighted by atomic mass is 10.2. The lowest BCUT2D eigenvalue weighted by Gasteiger charge is -2.07. The standard InChI is InChI=1S/C7H3ClF4O2S/c8-15(13,14)6-3-4(7(10,11)12)1-2-5(6)9/h1-3H. The fourth-order valence-corrected chi connectivity index (χ4v) is 1.79. The van der Waals surface area contributed by atoms with Crippen molar-refractivity contribution in [2.45, 2.75) is 11.1 Å². The minimum atomic E-state index is -4.75. The zero-order chi connectivity index (χ0) is 11.9. The zero-order valence-electron chi connectivity index (χ0n) is 6.85. The highest BCUT2D eigenvalue weighted by Crippen LogP contribution is 2.32. The topological polar surface area (TPSA) is 34.1 Å². The van der Waals surface area contributed by atoms with Crippen LogP contribution in [0.3, 0.4) is 0 Å². The number of rotatable bonds is 1. The molecule has 0 amide bonds. The van der Waals surface area contributed by atoms with Gasteiger partial charge in [-0.15, -0.1) is 0 Å². The highest BCUT2D eigenvalue weighted by atomic mass is 35.7. The molecule has 0 bridgehead atoms. The first kappa shape index (κ1) is 12.3. The van der Waals surface area contributed by atoms with E-state index in [0.29, 0.717) is 12.1 Å². The summed E-state index contributed by atoms with van der Waals surface area (Å²) in [6.07, 6.45) is -4.75. The minimum absolute atomic E-state index is 0.150. The summed E-state index contributed by atoms with van der Waals surface area (Å²) < 4.78 is 70.6. The maximum absolute atomic E-state index is 12.8. The van der Waals surface area contributed by atoms with Crippen molar-refractivity contribution in [2.24, 2.45) is 0 Å². The molecule has 0 aliphatic heterocycles. The number of hydrogen-bond acceptors (Lipinski definition) is 2. The summed E-state index contributed by atoms with van der Waals surface area (Å²) in [6.45, 7) is 0. The van der Waals surface area contributed by atoms with Crippen LogP contribution in [0.2, 0.25) is 0 Å². The van der Waals surface area contributed by atoms with Gasteiger partial charge >= 0.3 is 6.18 Å². The second-order valence-corrected chi connectivity index (χ2v) is 5.12. The Labute approximate surface area is 86.9 Å². The molecule has 0 atom stereocenters. The maximum Gasteiger partial charge on any atom is 0.416 e. The van der Waals surface area contributed by atoms with Crippen LogP contribution in [-0.4, -0.2) is 8.42 Å². The summed E-state index contributed by atoms with van der Waals surface area (Å²) in [5, 5.41) is 0. The summed E-state index contributed by atoms with van der Waals surface area (Å²) in [7, 11) is 0.232. The zero-order valence-corrected chi connectivity index (χ0v) is 8.42. The Morgan fingerprint density at radius 3 is 2.13 bits per heavy atom. The lowest BCUT2D eigenvalue weighted by Crippen LogP contribution is -2.07. The number of alkyl halides is 3. The molecule has 0 saturated heterocycles. The maximum atomic E-state index is 12.8. The first-order chi connectivity index (χ1) is 6.62. The third-order valence-electron chi connectivity index (χ3n) is 1.52. The van der Waals surface area contributed by atoms with Crippen molar-refractivity contribution in [1.29, 1.82) is 0 Å². The molecule has 0 heterocycles. The SMILES string of the molecule is O=S(=O)(Cl)c1cc(C(F)(F)F)ccc1F. The van der Waals surface area contributed by atoms with Crippen LogP contribution in [-0.2, 0) is 15.2 Å². The second kappa shape index (κ2) is 3.64. The van der Waals surface area contributed by atoms with Gasteiger partial charge in [0.1, 0.15) is 10.7 Å². The van der Waals surface area contributed by atoms with Crippen LogP contribution < -0.4 is 0 Å². The van der Waals surface area contributed by atoms with Crippen molar-refractivity contribution in [1.82, 2.24) is 0 Å². The molecule has 2 nitrogen and oxygen atoms in total. The Hall–Kier alpha value is -0.820. The molecule has 8 heteroatoms. The van der Waals surface area contributed by atoms with Crippen LogP contribution >= 0.6 is 10.7 Å². The summed E-state index contributed by atoms with van der Waals surface area (Å²) in [5.41, 5.74) is -1.27. The molecule has 0 N–H and O–H groups in total. The summed E-state index contributed by atoms with van der Waals surface area (Å²) in [4.78, 5) is -1.18. The predicted molar refractivity (Wildman–Crippen MR) is 44.4 cm³/mol. The van der Waals surface area contributed by atoms with Gasteiger partial charge in [0.05, 0.1) is 5.56 Å². The molecule has 84 valence electrons. The third kappa shape index (κ3) is 2.82. The van der Waals surface area contributed by atoms with Gasteiger partial charge in [0.15, 0.2) is 0 Å². The second-order valence-electron chi connectivity index (χ2n) is 2.58. The summed E-state index contributed by atoms with van der Waals surface area (Å²) in [5.74, 6) is -1.32. The average Bonchev–Trinajstić information content (AvgIpc) is 2.00. The van der Waals surface area contributed by atoms with E-state index in [2.05, 4.69) is 0 Å². The molecule has 0 aliphatic carbocycles. The molecule has 0 aromatic heterocycles. The average molecular weight is 263 g/mol. The minimum Gasteiger partial charge on any atom is -0.207 e. The highest BCUT2D eigenvalue weighted by molar-refractivity contribution is 8.13. The van der Waals surface area contributed by atoms with Crippen LogP contribution in [0.1, 0.15) is 5.56 Å². The van der Waals surface area contributed by atoms with Crippen molar-refractivity contribution in [3.63, 3.8) is 0 Å². The van der Waals surface area contributed by atoms with Crippen LogP contribution in [0.5, 0.6) is 0 Å². The van der Waals surface area contributed by atoms with Gasteiger partial charge in [-0.05, 0) is 18.2 Å². The largest absolute Gasteiger partial charge is 0.416 e. The molecule has 15 heavy (non-hydrogen) atoms. The van der Waals surface area contributed by atoms with Crippen molar-refractivity contribution >= 4 is 19.7 Å². The quantitative estimate of drug-likeness (QED) is 0.576. The Morgan fingerprint density at radius 2 is 1.73 bits per heavy atom. The van der Waals surface area contributed by atoms with Gasteiger partial charge in [0, 0.05) is 10.7 Å². The lowest BCUT2D eigenvalue weighted by molar-refractivity contribution is -0.137. The fourth-order valence-electron chi connectivity index (χ4n) is 0.867. The summed E-state index contributed by atoms with van der Waals surface area (Å²) >= 11 is 0. The molecule has 1 rings (SSSR count). The first-order valence-corrected chi connectivity index (χ1v) is 5.75. The molecule has 0 unspecified atom stereocenters. The fraction of sp³-hybridized carbons (Fsp3) is 0.143. The van der Waals surface area contributed by atoms with E-state index in [0.717, 1.165) is 0 Å².